The molecule has 19 heavy (non-hydrogen) atoms. The maximum atomic E-state index is 12.0. The van der Waals surface area contributed by atoms with Crippen molar-refractivity contribution >= 4 is 5.91 Å². The Morgan fingerprint density at radius 3 is 2.58 bits per heavy atom. The zero-order chi connectivity index (χ0) is 14.3. The van der Waals surface area contributed by atoms with E-state index in [-0.39, 0.29) is 5.91 Å². The maximum Gasteiger partial charge on any atom is 0.220 e. The summed E-state index contributed by atoms with van der Waals surface area (Å²) in [6, 6.07) is 0.668. The summed E-state index contributed by atoms with van der Waals surface area (Å²) >= 11 is 0. The molecule has 1 fully saturated rings. The number of amides is 1. The van der Waals surface area contributed by atoms with E-state index < -0.39 is 0 Å². The van der Waals surface area contributed by atoms with E-state index >= 15 is 0 Å². The van der Waals surface area contributed by atoms with Gasteiger partial charge < -0.3 is 11.1 Å². The van der Waals surface area contributed by atoms with Crippen LogP contribution < -0.4 is 11.1 Å². The first-order chi connectivity index (χ1) is 9.06. The molecule has 0 radical (unpaired) electrons. The van der Waals surface area contributed by atoms with Crippen LogP contribution in [0.25, 0.3) is 0 Å². The molecule has 1 aliphatic rings. The van der Waals surface area contributed by atoms with E-state index in [1.807, 2.05) is 0 Å². The molecule has 0 aliphatic heterocycles. The molecule has 1 saturated carbocycles. The summed E-state index contributed by atoms with van der Waals surface area (Å²) in [5.41, 5.74) is 5.99. The van der Waals surface area contributed by atoms with Gasteiger partial charge in [0.1, 0.15) is 0 Å². The summed E-state index contributed by atoms with van der Waals surface area (Å²) in [6.07, 6.45) is 8.70. The van der Waals surface area contributed by atoms with Gasteiger partial charge in [-0.25, -0.2) is 0 Å². The molecule has 0 bridgehead atoms. The van der Waals surface area contributed by atoms with Crippen LogP contribution in [0.15, 0.2) is 0 Å². The minimum Gasteiger partial charge on any atom is -0.353 e. The highest BCUT2D eigenvalue weighted by molar-refractivity contribution is 5.76. The first-order valence-electron chi connectivity index (χ1n) is 8.11. The van der Waals surface area contributed by atoms with Crippen LogP contribution in [-0.2, 0) is 4.79 Å². The zero-order valence-corrected chi connectivity index (χ0v) is 13.0. The molecule has 112 valence electrons. The summed E-state index contributed by atoms with van der Waals surface area (Å²) in [6.45, 7) is 6.52. The van der Waals surface area contributed by atoms with Gasteiger partial charge in [0, 0.05) is 18.5 Å². The fraction of sp³-hybridized carbons (Fsp3) is 0.938. The third kappa shape index (κ3) is 5.94. The second kappa shape index (κ2) is 8.57. The van der Waals surface area contributed by atoms with Gasteiger partial charge in [0.2, 0.25) is 5.91 Å². The zero-order valence-electron chi connectivity index (χ0n) is 13.0. The number of rotatable bonds is 7. The molecule has 1 rings (SSSR count). The molecule has 0 aromatic heterocycles. The standard InChI is InChI=1S/C16H32N2O/c1-4-14(5-2)12(3)18-16(19)10-9-13-7-6-8-15(17)11-13/h12-15H,4-11,17H2,1-3H3,(H,18,19). The fourth-order valence-electron chi connectivity index (χ4n) is 3.37. The summed E-state index contributed by atoms with van der Waals surface area (Å²) in [7, 11) is 0. The topological polar surface area (TPSA) is 55.1 Å². The number of hydrogen-bond acceptors (Lipinski definition) is 2. The van der Waals surface area contributed by atoms with Crippen LogP contribution in [-0.4, -0.2) is 18.0 Å². The van der Waals surface area contributed by atoms with Crippen LogP contribution in [0.2, 0.25) is 0 Å². The molecule has 3 unspecified atom stereocenters. The molecule has 0 saturated heterocycles. The summed E-state index contributed by atoms with van der Waals surface area (Å²) in [5, 5.41) is 3.16. The molecular weight excluding hydrogens is 236 g/mol. The van der Waals surface area contributed by atoms with E-state index in [1.54, 1.807) is 0 Å². The quantitative estimate of drug-likeness (QED) is 0.745. The Hall–Kier alpha value is -0.570. The van der Waals surface area contributed by atoms with Crippen molar-refractivity contribution in [2.75, 3.05) is 0 Å². The second-order valence-corrected chi connectivity index (χ2v) is 6.26. The Bertz CT molecular complexity index is 263. The lowest BCUT2D eigenvalue weighted by Crippen LogP contribution is -2.38. The van der Waals surface area contributed by atoms with Crippen molar-refractivity contribution in [3.8, 4) is 0 Å². The van der Waals surface area contributed by atoms with E-state index in [1.165, 1.54) is 12.8 Å². The molecule has 3 atom stereocenters. The van der Waals surface area contributed by atoms with Gasteiger partial charge in [-0.3, -0.25) is 4.79 Å². The van der Waals surface area contributed by atoms with Crippen molar-refractivity contribution in [3.05, 3.63) is 0 Å². The number of nitrogens with two attached hydrogens (primary N) is 1. The predicted molar refractivity (Wildman–Crippen MR) is 80.8 cm³/mol. The first kappa shape index (κ1) is 16.5. The molecule has 3 nitrogen and oxygen atoms in total. The van der Waals surface area contributed by atoms with Gasteiger partial charge in [0.25, 0.3) is 0 Å². The lowest BCUT2D eigenvalue weighted by molar-refractivity contribution is -0.122. The van der Waals surface area contributed by atoms with Crippen molar-refractivity contribution in [2.45, 2.75) is 84.2 Å². The van der Waals surface area contributed by atoms with Crippen molar-refractivity contribution in [3.63, 3.8) is 0 Å². The van der Waals surface area contributed by atoms with Crippen LogP contribution in [0.3, 0.4) is 0 Å². The highest BCUT2D eigenvalue weighted by atomic mass is 16.1. The van der Waals surface area contributed by atoms with E-state index in [0.29, 0.717) is 30.3 Å². The third-order valence-corrected chi connectivity index (χ3v) is 4.75. The highest BCUT2D eigenvalue weighted by Crippen LogP contribution is 2.26. The maximum absolute atomic E-state index is 12.0. The average molecular weight is 268 g/mol. The lowest BCUT2D eigenvalue weighted by atomic mass is 9.83. The molecular formula is C16H32N2O. The van der Waals surface area contributed by atoms with Crippen LogP contribution in [0.5, 0.6) is 0 Å². The highest BCUT2D eigenvalue weighted by Gasteiger charge is 2.21. The van der Waals surface area contributed by atoms with Crippen molar-refractivity contribution < 1.29 is 4.79 Å². The summed E-state index contributed by atoms with van der Waals surface area (Å²) in [4.78, 5) is 12.0. The number of nitrogens with one attached hydrogen (secondary N) is 1. The monoisotopic (exact) mass is 268 g/mol. The molecule has 0 aromatic carbocycles. The summed E-state index contributed by atoms with van der Waals surface area (Å²) in [5.74, 6) is 1.49. The molecule has 3 heteroatoms. The Balaban J connectivity index is 2.23. The summed E-state index contributed by atoms with van der Waals surface area (Å²) < 4.78 is 0. The number of carbonyl (C=O) groups is 1. The van der Waals surface area contributed by atoms with Crippen LogP contribution >= 0.6 is 0 Å². The van der Waals surface area contributed by atoms with Gasteiger partial charge in [-0.1, -0.05) is 39.5 Å². The second-order valence-electron chi connectivity index (χ2n) is 6.26. The van der Waals surface area contributed by atoms with Crippen LogP contribution in [0.1, 0.15) is 72.1 Å². The SMILES string of the molecule is CCC(CC)C(C)NC(=O)CCC1CCCC(N)C1. The van der Waals surface area contributed by atoms with E-state index in [2.05, 4.69) is 26.1 Å². The van der Waals surface area contributed by atoms with Gasteiger partial charge in [-0.2, -0.15) is 0 Å². The number of hydrogen-bond donors (Lipinski definition) is 2. The van der Waals surface area contributed by atoms with Gasteiger partial charge in [0.05, 0.1) is 0 Å². The van der Waals surface area contributed by atoms with Gasteiger partial charge in [-0.15, -0.1) is 0 Å². The van der Waals surface area contributed by atoms with E-state index in [9.17, 15) is 4.79 Å². The van der Waals surface area contributed by atoms with E-state index in [4.69, 9.17) is 5.73 Å². The Labute approximate surface area is 118 Å². The average Bonchev–Trinajstić information content (AvgIpc) is 2.38. The predicted octanol–water partition coefficient (Wildman–Crippen LogP) is 3.23. The Kier molecular flexibility index (Phi) is 7.44. The Morgan fingerprint density at radius 1 is 1.32 bits per heavy atom. The lowest BCUT2D eigenvalue weighted by Gasteiger charge is -2.27. The smallest absolute Gasteiger partial charge is 0.220 e. The van der Waals surface area contributed by atoms with Gasteiger partial charge >= 0.3 is 0 Å². The Morgan fingerprint density at radius 2 is 2.00 bits per heavy atom. The molecule has 3 N–H and O–H groups in total. The van der Waals surface area contributed by atoms with Crippen LogP contribution in [0, 0.1) is 11.8 Å². The van der Waals surface area contributed by atoms with Gasteiger partial charge in [-0.05, 0) is 38.0 Å². The fourth-order valence-corrected chi connectivity index (χ4v) is 3.37. The first-order valence-corrected chi connectivity index (χ1v) is 8.11. The minimum atomic E-state index is 0.221. The van der Waals surface area contributed by atoms with Gasteiger partial charge in [0.15, 0.2) is 0 Å². The molecule has 1 amide bonds. The van der Waals surface area contributed by atoms with Crippen molar-refractivity contribution in [1.29, 1.82) is 0 Å². The largest absolute Gasteiger partial charge is 0.353 e. The van der Waals surface area contributed by atoms with Crippen molar-refractivity contribution in [2.24, 2.45) is 17.6 Å². The van der Waals surface area contributed by atoms with E-state index in [0.717, 1.165) is 32.1 Å². The minimum absolute atomic E-state index is 0.221. The molecule has 1 aliphatic carbocycles. The number of carbonyl (C=O) groups excluding carboxylic acids is 1. The van der Waals surface area contributed by atoms with Crippen LogP contribution in [0.4, 0.5) is 0 Å². The molecule has 0 aromatic rings. The van der Waals surface area contributed by atoms with Crippen molar-refractivity contribution in [1.82, 2.24) is 5.32 Å². The normalized spacial score (nSPS) is 25.3. The third-order valence-electron chi connectivity index (χ3n) is 4.75. The molecule has 0 spiro atoms. The molecule has 0 heterocycles.